The normalized spacial score (nSPS) is 12.7. The van der Waals surface area contributed by atoms with Crippen LogP contribution in [0.2, 0.25) is 5.02 Å². The molecule has 0 aliphatic rings. The van der Waals surface area contributed by atoms with Gasteiger partial charge in [0.25, 0.3) is 5.92 Å². The van der Waals surface area contributed by atoms with Crippen molar-refractivity contribution < 1.29 is 23.4 Å². The van der Waals surface area contributed by atoms with Crippen LogP contribution in [0.15, 0.2) is 41.7 Å². The zero-order chi connectivity index (χ0) is 19.5. The molecule has 0 radical (unpaired) electrons. The van der Waals surface area contributed by atoms with Crippen molar-refractivity contribution in [2.24, 2.45) is 0 Å². The fourth-order valence-electron chi connectivity index (χ4n) is 2.14. The van der Waals surface area contributed by atoms with Crippen LogP contribution >= 0.6 is 11.6 Å². The Morgan fingerprint density at radius 2 is 2.08 bits per heavy atom. The number of benzene rings is 1. The van der Waals surface area contributed by atoms with Gasteiger partial charge in [0.1, 0.15) is 12.6 Å². The van der Waals surface area contributed by atoms with E-state index in [9.17, 15) is 23.5 Å². The highest BCUT2D eigenvalue weighted by atomic mass is 35.5. The zero-order valence-corrected chi connectivity index (χ0v) is 14.5. The first kappa shape index (κ1) is 19.8. The van der Waals surface area contributed by atoms with E-state index < -0.39 is 36.8 Å². The maximum absolute atomic E-state index is 13.6. The Hall–Kier alpha value is -2.52. The highest BCUT2D eigenvalue weighted by molar-refractivity contribution is 6.30. The Labute approximate surface area is 152 Å². The number of halogens is 3. The third-order valence-electron chi connectivity index (χ3n) is 3.60. The summed E-state index contributed by atoms with van der Waals surface area (Å²) < 4.78 is 33.4. The smallest absolute Gasteiger partial charge is 0.346 e. The van der Waals surface area contributed by atoms with Crippen molar-refractivity contribution in [3.63, 3.8) is 0 Å². The van der Waals surface area contributed by atoms with E-state index in [4.69, 9.17) is 11.6 Å². The summed E-state index contributed by atoms with van der Waals surface area (Å²) in [4.78, 5) is 23.9. The predicted octanol–water partition coefficient (Wildman–Crippen LogP) is 1.72. The van der Waals surface area contributed by atoms with Gasteiger partial charge in [0, 0.05) is 10.6 Å². The second-order valence-electron chi connectivity index (χ2n) is 5.35. The number of carbonyl (C=O) groups excluding carboxylic acids is 1. The van der Waals surface area contributed by atoms with E-state index in [0.29, 0.717) is 16.7 Å². The third kappa shape index (κ3) is 4.17. The van der Waals surface area contributed by atoms with Crippen molar-refractivity contribution in [1.82, 2.24) is 14.3 Å². The van der Waals surface area contributed by atoms with Crippen molar-refractivity contribution >= 4 is 17.6 Å². The molecule has 0 aliphatic carbocycles. The number of aliphatic hydroxyl groups excluding tert-OH is 1. The summed E-state index contributed by atoms with van der Waals surface area (Å²) in [6.07, 6.45) is -1.91. The molecule has 1 aromatic heterocycles. The number of esters is 1. The first-order valence-corrected chi connectivity index (χ1v) is 7.77. The maximum Gasteiger partial charge on any atom is 0.346 e. The summed E-state index contributed by atoms with van der Waals surface area (Å²) in [6.45, 7) is 1.71. The van der Waals surface area contributed by atoms with E-state index in [1.54, 1.807) is 0 Å². The Morgan fingerprint density at radius 3 is 2.62 bits per heavy atom. The van der Waals surface area contributed by atoms with Gasteiger partial charge in [-0.3, -0.25) is 9.36 Å². The molecular weight excluding hydrogens is 372 g/mol. The van der Waals surface area contributed by atoms with Crippen molar-refractivity contribution in [3.05, 3.63) is 52.4 Å². The molecule has 1 aromatic carbocycles. The zero-order valence-electron chi connectivity index (χ0n) is 13.7. The van der Waals surface area contributed by atoms with Crippen molar-refractivity contribution in [1.29, 1.82) is 0 Å². The molecule has 7 nitrogen and oxygen atoms in total. The number of hydrogen-bond donors (Lipinski definition) is 1. The molecule has 0 fully saturated rings. The van der Waals surface area contributed by atoms with Gasteiger partial charge >= 0.3 is 11.7 Å². The number of carbonyl (C=O) groups is 1. The highest BCUT2D eigenvalue weighted by Gasteiger charge is 2.36. The molecule has 0 aliphatic heterocycles. The van der Waals surface area contributed by atoms with Crippen LogP contribution in [0.1, 0.15) is 0 Å². The van der Waals surface area contributed by atoms with Gasteiger partial charge in [-0.1, -0.05) is 18.2 Å². The van der Waals surface area contributed by atoms with Gasteiger partial charge in [-0.2, -0.15) is 8.78 Å². The number of methoxy groups -OCH3 is 1. The molecule has 140 valence electrons. The average molecular weight is 388 g/mol. The van der Waals surface area contributed by atoms with E-state index in [1.807, 2.05) is 0 Å². The first-order chi connectivity index (χ1) is 12.2. The van der Waals surface area contributed by atoms with Crippen molar-refractivity contribution in [2.75, 3.05) is 7.11 Å². The van der Waals surface area contributed by atoms with Gasteiger partial charge in [-0.25, -0.2) is 9.48 Å². The average Bonchev–Trinajstić information content (AvgIpc) is 2.91. The molecule has 1 heterocycles. The minimum atomic E-state index is -3.61. The SMILES string of the molecule is C=CC(F)(F)[C@@H](O)Cn1c(-c2ccc(Cl)cc2)nn(CC(=O)OC)c1=O. The second-order valence-corrected chi connectivity index (χ2v) is 5.79. The lowest BCUT2D eigenvalue weighted by atomic mass is 10.1. The maximum atomic E-state index is 13.6. The molecule has 0 saturated heterocycles. The second kappa shape index (κ2) is 7.79. The van der Waals surface area contributed by atoms with Crippen LogP contribution in [0.25, 0.3) is 11.4 Å². The standard InChI is InChI=1S/C16H16ClF2N3O4/c1-3-16(18,19)12(23)8-21-14(10-4-6-11(17)7-5-10)20-22(15(21)25)9-13(24)26-2/h3-7,12,23H,1,8-9H2,2H3/t12-/m0/s1. The number of nitrogens with zero attached hydrogens (tertiary/aromatic N) is 3. The molecule has 1 N–H and O–H groups in total. The first-order valence-electron chi connectivity index (χ1n) is 7.39. The molecule has 0 spiro atoms. The molecular formula is C16H16ClF2N3O4. The van der Waals surface area contributed by atoms with Crippen LogP contribution in [-0.4, -0.2) is 44.6 Å². The van der Waals surface area contributed by atoms with E-state index >= 15 is 0 Å². The van der Waals surface area contributed by atoms with Crippen molar-refractivity contribution in [3.8, 4) is 11.4 Å². The molecule has 26 heavy (non-hydrogen) atoms. The lowest BCUT2D eigenvalue weighted by Gasteiger charge is -2.19. The monoisotopic (exact) mass is 387 g/mol. The van der Waals surface area contributed by atoms with Crippen LogP contribution in [0.3, 0.4) is 0 Å². The molecule has 0 amide bonds. The van der Waals surface area contributed by atoms with Gasteiger partial charge in [-0.05, 0) is 30.3 Å². The number of alkyl halides is 2. The van der Waals surface area contributed by atoms with Gasteiger partial charge in [0.15, 0.2) is 5.82 Å². The number of hydrogen-bond acceptors (Lipinski definition) is 5. The Kier molecular flexibility index (Phi) is 5.94. The molecule has 0 saturated carbocycles. The Bertz CT molecular complexity index is 861. The molecule has 10 heteroatoms. The van der Waals surface area contributed by atoms with E-state index in [0.717, 1.165) is 16.4 Å². The van der Waals surface area contributed by atoms with Gasteiger partial charge in [0.2, 0.25) is 0 Å². The molecule has 1 atom stereocenters. The Morgan fingerprint density at radius 1 is 1.46 bits per heavy atom. The number of aliphatic hydroxyl groups is 1. The van der Waals surface area contributed by atoms with Crippen LogP contribution in [0, 0.1) is 0 Å². The van der Waals surface area contributed by atoms with Crippen LogP contribution < -0.4 is 5.69 Å². The lowest BCUT2D eigenvalue weighted by Crippen LogP contribution is -2.38. The van der Waals surface area contributed by atoms with E-state index in [1.165, 1.54) is 24.3 Å². The topological polar surface area (TPSA) is 86.3 Å². The van der Waals surface area contributed by atoms with Gasteiger partial charge < -0.3 is 9.84 Å². The van der Waals surface area contributed by atoms with Gasteiger partial charge in [-0.15, -0.1) is 5.10 Å². The molecule has 0 bridgehead atoms. The highest BCUT2D eigenvalue weighted by Crippen LogP contribution is 2.23. The summed E-state index contributed by atoms with van der Waals surface area (Å²) in [5, 5.41) is 14.2. The quantitative estimate of drug-likeness (QED) is 0.577. The summed E-state index contributed by atoms with van der Waals surface area (Å²) in [5.74, 6) is -4.35. The molecule has 2 aromatic rings. The van der Waals surface area contributed by atoms with E-state index in [2.05, 4.69) is 16.4 Å². The largest absolute Gasteiger partial charge is 0.468 e. The summed E-state index contributed by atoms with van der Waals surface area (Å²) in [7, 11) is 1.14. The molecule has 2 rings (SSSR count). The molecule has 0 unspecified atom stereocenters. The lowest BCUT2D eigenvalue weighted by molar-refractivity contribution is -0.141. The van der Waals surface area contributed by atoms with Crippen LogP contribution in [-0.2, 0) is 22.6 Å². The number of ether oxygens (including phenoxy) is 1. The number of rotatable bonds is 7. The summed E-state index contributed by atoms with van der Waals surface area (Å²) >= 11 is 5.82. The van der Waals surface area contributed by atoms with Crippen molar-refractivity contribution in [2.45, 2.75) is 25.1 Å². The number of aromatic nitrogens is 3. The minimum absolute atomic E-state index is 0.00511. The summed E-state index contributed by atoms with van der Waals surface area (Å²) in [5.41, 5.74) is -0.455. The van der Waals surface area contributed by atoms with E-state index in [-0.39, 0.29) is 5.82 Å². The minimum Gasteiger partial charge on any atom is -0.468 e. The van der Waals surface area contributed by atoms with Crippen LogP contribution in [0.5, 0.6) is 0 Å². The Balaban J connectivity index is 2.52. The fourth-order valence-corrected chi connectivity index (χ4v) is 2.26. The third-order valence-corrected chi connectivity index (χ3v) is 3.86. The predicted molar refractivity (Wildman–Crippen MR) is 90.1 cm³/mol. The summed E-state index contributed by atoms with van der Waals surface area (Å²) in [6, 6.07) is 6.11. The van der Waals surface area contributed by atoms with Gasteiger partial charge in [0.05, 0.1) is 13.7 Å². The van der Waals surface area contributed by atoms with Crippen LogP contribution in [0.4, 0.5) is 8.78 Å². The fraction of sp³-hybridized carbons (Fsp3) is 0.312.